The van der Waals surface area contributed by atoms with Crippen molar-refractivity contribution in [3.63, 3.8) is 0 Å². The minimum Gasteiger partial charge on any atom is -0.486 e. The molecule has 3 aliphatic heterocycles. The van der Waals surface area contributed by atoms with Crippen molar-refractivity contribution in [2.45, 2.75) is 30.7 Å². The van der Waals surface area contributed by atoms with Gasteiger partial charge < -0.3 is 14.4 Å². The molecule has 9 nitrogen and oxygen atoms in total. The van der Waals surface area contributed by atoms with Gasteiger partial charge in [0.1, 0.15) is 13.2 Å². The SMILES string of the molecule is O=C(c1cc2n(n1)CCCC2)N1CCN(S(=O)(=O)c2ccc3c(c2)OCCO3)CC1. The Bertz CT molecular complexity index is 1050. The fourth-order valence-corrected chi connectivity index (χ4v) is 5.59. The van der Waals surface area contributed by atoms with Gasteiger partial charge in [0.05, 0.1) is 4.90 Å². The minimum atomic E-state index is -3.67. The van der Waals surface area contributed by atoms with E-state index in [0.29, 0.717) is 43.5 Å². The van der Waals surface area contributed by atoms with Gasteiger partial charge in [0.2, 0.25) is 10.0 Å². The van der Waals surface area contributed by atoms with Gasteiger partial charge in [0.25, 0.3) is 5.91 Å². The van der Waals surface area contributed by atoms with Crippen molar-refractivity contribution in [3.05, 3.63) is 35.7 Å². The lowest BCUT2D eigenvalue weighted by Crippen LogP contribution is -2.50. The molecule has 160 valence electrons. The molecule has 1 aromatic carbocycles. The molecule has 0 atom stereocenters. The number of ether oxygens (including phenoxy) is 2. The standard InChI is InChI=1S/C20H24N4O5S/c25-20(17-13-15-3-1-2-6-24(15)21-17)22-7-9-23(10-8-22)30(26,27)16-4-5-18-19(14-16)29-12-11-28-18/h4-5,13-14H,1-3,6-12H2. The molecule has 1 amide bonds. The zero-order valence-corrected chi connectivity index (χ0v) is 17.4. The number of carbonyl (C=O) groups excluding carboxylic acids is 1. The summed E-state index contributed by atoms with van der Waals surface area (Å²) in [5, 5.41) is 4.45. The van der Waals surface area contributed by atoms with E-state index in [9.17, 15) is 13.2 Å². The summed E-state index contributed by atoms with van der Waals surface area (Å²) in [7, 11) is -3.67. The van der Waals surface area contributed by atoms with Crippen molar-refractivity contribution < 1.29 is 22.7 Å². The van der Waals surface area contributed by atoms with Crippen LogP contribution in [0, 0.1) is 0 Å². The summed E-state index contributed by atoms with van der Waals surface area (Å²) < 4.78 is 40.4. The molecular formula is C20H24N4O5S. The molecule has 0 radical (unpaired) electrons. The Morgan fingerprint density at radius 2 is 1.70 bits per heavy atom. The van der Waals surface area contributed by atoms with Crippen LogP contribution in [0.25, 0.3) is 0 Å². The molecule has 0 spiro atoms. The number of hydrogen-bond acceptors (Lipinski definition) is 6. The summed E-state index contributed by atoms with van der Waals surface area (Å²) in [6.07, 6.45) is 3.15. The number of fused-ring (bicyclic) bond motifs is 2. The number of sulfonamides is 1. The third kappa shape index (κ3) is 3.43. The number of aromatic nitrogens is 2. The second-order valence-electron chi connectivity index (χ2n) is 7.70. The Labute approximate surface area is 175 Å². The van der Waals surface area contributed by atoms with Gasteiger partial charge in [-0.2, -0.15) is 9.40 Å². The van der Waals surface area contributed by atoms with Crippen molar-refractivity contribution in [1.82, 2.24) is 19.0 Å². The molecule has 0 aliphatic carbocycles. The summed E-state index contributed by atoms with van der Waals surface area (Å²) in [5.74, 6) is 0.867. The number of piperazine rings is 1. The first-order chi connectivity index (χ1) is 14.5. The molecule has 10 heteroatoms. The van der Waals surface area contributed by atoms with Crippen LogP contribution in [0.1, 0.15) is 29.0 Å². The molecule has 5 rings (SSSR count). The maximum absolute atomic E-state index is 13.1. The zero-order valence-electron chi connectivity index (χ0n) is 16.6. The lowest BCUT2D eigenvalue weighted by atomic mass is 10.1. The zero-order chi connectivity index (χ0) is 20.7. The van der Waals surface area contributed by atoms with Gasteiger partial charge in [-0.3, -0.25) is 9.48 Å². The van der Waals surface area contributed by atoms with Crippen molar-refractivity contribution >= 4 is 15.9 Å². The molecule has 3 aliphatic rings. The van der Waals surface area contributed by atoms with Gasteiger partial charge in [-0.15, -0.1) is 0 Å². The Morgan fingerprint density at radius 3 is 2.47 bits per heavy atom. The van der Waals surface area contributed by atoms with Crippen LogP contribution >= 0.6 is 0 Å². The fourth-order valence-electron chi connectivity index (χ4n) is 4.15. The predicted octanol–water partition coefficient (Wildman–Crippen LogP) is 1.14. The smallest absolute Gasteiger partial charge is 0.274 e. The summed E-state index contributed by atoms with van der Waals surface area (Å²) >= 11 is 0. The van der Waals surface area contributed by atoms with E-state index < -0.39 is 10.0 Å². The second-order valence-corrected chi connectivity index (χ2v) is 9.64. The molecule has 0 unspecified atom stereocenters. The van der Waals surface area contributed by atoms with E-state index >= 15 is 0 Å². The topological polar surface area (TPSA) is 94.0 Å². The van der Waals surface area contributed by atoms with Crippen LogP contribution in [0.3, 0.4) is 0 Å². The molecule has 1 saturated heterocycles. The third-order valence-corrected chi connectivity index (χ3v) is 7.71. The molecule has 30 heavy (non-hydrogen) atoms. The Kier molecular flexibility index (Phi) is 4.90. The van der Waals surface area contributed by atoms with E-state index in [0.717, 1.165) is 31.5 Å². The number of aryl methyl sites for hydroxylation is 2. The van der Waals surface area contributed by atoms with Gasteiger partial charge in [-0.25, -0.2) is 8.42 Å². The molecule has 0 saturated carbocycles. The Balaban J connectivity index is 1.27. The summed E-state index contributed by atoms with van der Waals surface area (Å²) in [5.41, 5.74) is 1.56. The first kappa shape index (κ1) is 19.4. The van der Waals surface area contributed by atoms with E-state index in [2.05, 4.69) is 5.10 Å². The van der Waals surface area contributed by atoms with Crippen molar-refractivity contribution in [2.24, 2.45) is 0 Å². The van der Waals surface area contributed by atoms with Gasteiger partial charge in [-0.1, -0.05) is 0 Å². The Morgan fingerprint density at radius 1 is 0.933 bits per heavy atom. The lowest BCUT2D eigenvalue weighted by Gasteiger charge is -2.33. The van der Waals surface area contributed by atoms with Crippen LogP contribution in [-0.4, -0.2) is 72.7 Å². The normalized spacial score (nSPS) is 19.4. The monoisotopic (exact) mass is 432 g/mol. The van der Waals surface area contributed by atoms with Crippen LogP contribution in [0.5, 0.6) is 11.5 Å². The quantitative estimate of drug-likeness (QED) is 0.722. The van der Waals surface area contributed by atoms with Crippen molar-refractivity contribution in [3.8, 4) is 11.5 Å². The van der Waals surface area contributed by atoms with Crippen LogP contribution < -0.4 is 9.47 Å². The van der Waals surface area contributed by atoms with E-state index in [1.165, 1.54) is 16.4 Å². The predicted molar refractivity (Wildman–Crippen MR) is 107 cm³/mol. The maximum Gasteiger partial charge on any atom is 0.274 e. The van der Waals surface area contributed by atoms with E-state index in [1.807, 2.05) is 10.7 Å². The van der Waals surface area contributed by atoms with E-state index in [1.54, 1.807) is 11.0 Å². The fraction of sp³-hybridized carbons (Fsp3) is 0.500. The first-order valence-electron chi connectivity index (χ1n) is 10.3. The highest BCUT2D eigenvalue weighted by Gasteiger charge is 2.32. The highest BCUT2D eigenvalue weighted by atomic mass is 32.2. The minimum absolute atomic E-state index is 0.131. The molecule has 1 fully saturated rings. The van der Waals surface area contributed by atoms with Gasteiger partial charge in [-0.05, 0) is 37.5 Å². The van der Waals surface area contributed by atoms with Crippen LogP contribution in [0.2, 0.25) is 0 Å². The molecule has 0 bridgehead atoms. The summed E-state index contributed by atoms with van der Waals surface area (Å²) in [4.78, 5) is 14.7. The number of benzene rings is 1. The van der Waals surface area contributed by atoms with Crippen LogP contribution in [0.15, 0.2) is 29.2 Å². The average Bonchev–Trinajstić information content (AvgIpc) is 3.22. The molecule has 0 N–H and O–H groups in total. The van der Waals surface area contributed by atoms with E-state index in [4.69, 9.17) is 9.47 Å². The number of amides is 1. The third-order valence-electron chi connectivity index (χ3n) is 5.81. The first-order valence-corrected chi connectivity index (χ1v) is 11.7. The molecule has 2 aromatic rings. The average molecular weight is 433 g/mol. The number of carbonyl (C=O) groups is 1. The molecular weight excluding hydrogens is 408 g/mol. The van der Waals surface area contributed by atoms with Gasteiger partial charge >= 0.3 is 0 Å². The molecule has 4 heterocycles. The van der Waals surface area contributed by atoms with Crippen LogP contribution in [-0.2, 0) is 23.0 Å². The van der Waals surface area contributed by atoms with Crippen molar-refractivity contribution in [2.75, 3.05) is 39.4 Å². The van der Waals surface area contributed by atoms with Crippen LogP contribution in [0.4, 0.5) is 0 Å². The largest absolute Gasteiger partial charge is 0.486 e. The second kappa shape index (κ2) is 7.59. The maximum atomic E-state index is 13.1. The van der Waals surface area contributed by atoms with Gasteiger partial charge in [0, 0.05) is 44.5 Å². The molecule has 1 aromatic heterocycles. The lowest BCUT2D eigenvalue weighted by molar-refractivity contribution is 0.0691. The highest BCUT2D eigenvalue weighted by Crippen LogP contribution is 2.33. The summed E-state index contributed by atoms with van der Waals surface area (Å²) in [6, 6.07) is 6.55. The number of rotatable bonds is 3. The number of nitrogens with zero attached hydrogens (tertiary/aromatic N) is 4. The van der Waals surface area contributed by atoms with Gasteiger partial charge in [0.15, 0.2) is 17.2 Å². The highest BCUT2D eigenvalue weighted by molar-refractivity contribution is 7.89. The summed E-state index contributed by atoms with van der Waals surface area (Å²) in [6.45, 7) is 2.87. The van der Waals surface area contributed by atoms with Crippen molar-refractivity contribution in [1.29, 1.82) is 0 Å². The number of hydrogen-bond donors (Lipinski definition) is 0. The van der Waals surface area contributed by atoms with E-state index in [-0.39, 0.29) is 23.9 Å². The Hall–Kier alpha value is -2.59.